The van der Waals surface area contributed by atoms with E-state index in [2.05, 4.69) is 0 Å². The van der Waals surface area contributed by atoms with Crippen molar-refractivity contribution < 1.29 is 4.79 Å². The maximum Gasteiger partial charge on any atom is 0.252 e. The van der Waals surface area contributed by atoms with Gasteiger partial charge in [-0.3, -0.25) is 4.79 Å². The van der Waals surface area contributed by atoms with Crippen molar-refractivity contribution in [3.05, 3.63) is 35.9 Å². The zero-order chi connectivity index (χ0) is 6.69. The van der Waals surface area contributed by atoms with Gasteiger partial charge in [0.05, 0.1) is 0 Å². The van der Waals surface area contributed by atoms with E-state index in [0.29, 0.717) is 5.56 Å². The maximum absolute atomic E-state index is 10.4. The Morgan fingerprint density at radius 1 is 1.20 bits per heavy atom. The summed E-state index contributed by atoms with van der Waals surface area (Å²) in [5.41, 5.74) is 0.541. The second kappa shape index (κ2) is 4.04. The minimum atomic E-state index is -0.407. The third-order valence-corrected chi connectivity index (χ3v) is 1.22. The zero-order valence-corrected chi connectivity index (χ0v) is 5.88. The molecule has 0 saturated carbocycles. The molecule has 10 heavy (non-hydrogen) atoms. The molecule has 0 saturated heterocycles. The molecule has 0 aliphatic heterocycles. The van der Waals surface area contributed by atoms with E-state index in [4.69, 9.17) is 11.6 Å². The predicted octanol–water partition coefficient (Wildman–Crippen LogP) is 1.58. The minimum absolute atomic E-state index is 0. The summed E-state index contributed by atoms with van der Waals surface area (Å²) in [7, 11) is 0. The SMILES string of the molecule is O=C(Cl)c1ccccc1.[N]. The molecule has 3 heteroatoms. The molecule has 1 aromatic rings. The quantitative estimate of drug-likeness (QED) is 0.567. The summed E-state index contributed by atoms with van der Waals surface area (Å²) < 4.78 is 0. The van der Waals surface area contributed by atoms with Gasteiger partial charge < -0.3 is 0 Å². The van der Waals surface area contributed by atoms with E-state index in [9.17, 15) is 4.79 Å². The van der Waals surface area contributed by atoms with Crippen molar-refractivity contribution in [3.8, 4) is 0 Å². The van der Waals surface area contributed by atoms with Crippen molar-refractivity contribution >= 4 is 16.8 Å². The van der Waals surface area contributed by atoms with Crippen LogP contribution in [0.15, 0.2) is 30.3 Å². The number of carbonyl (C=O) groups is 1. The van der Waals surface area contributed by atoms with Gasteiger partial charge in [0.15, 0.2) is 0 Å². The number of benzene rings is 1. The van der Waals surface area contributed by atoms with E-state index < -0.39 is 5.24 Å². The molecule has 0 N–H and O–H groups in total. The molecular formula is C7H5ClNO. The van der Waals surface area contributed by atoms with Crippen LogP contribution in [0.4, 0.5) is 0 Å². The fourth-order valence-corrected chi connectivity index (χ4v) is 0.695. The van der Waals surface area contributed by atoms with E-state index in [-0.39, 0.29) is 6.15 Å². The lowest BCUT2D eigenvalue weighted by Gasteiger charge is -1.87. The summed E-state index contributed by atoms with van der Waals surface area (Å²) in [5.74, 6) is 0. The Morgan fingerprint density at radius 2 is 1.70 bits per heavy atom. The van der Waals surface area contributed by atoms with Crippen LogP contribution in [-0.4, -0.2) is 5.24 Å². The first kappa shape index (κ1) is 9.14. The Morgan fingerprint density at radius 3 is 2.00 bits per heavy atom. The average Bonchev–Trinajstić information content (AvgIpc) is 1.90. The summed E-state index contributed by atoms with van der Waals surface area (Å²) >= 11 is 5.16. The smallest absolute Gasteiger partial charge is 0.252 e. The van der Waals surface area contributed by atoms with Crippen molar-refractivity contribution in [1.82, 2.24) is 6.15 Å². The zero-order valence-electron chi connectivity index (χ0n) is 5.12. The Bertz CT molecular complexity index is 210. The van der Waals surface area contributed by atoms with Crippen molar-refractivity contribution in [1.29, 1.82) is 0 Å². The Hall–Kier alpha value is -0.860. The van der Waals surface area contributed by atoms with Gasteiger partial charge in [-0.2, -0.15) is 0 Å². The minimum Gasteiger partial charge on any atom is -0.276 e. The molecular weight excluding hydrogens is 150 g/mol. The fourth-order valence-electron chi connectivity index (χ4n) is 0.569. The Balaban J connectivity index is 0.000000810. The summed E-state index contributed by atoms with van der Waals surface area (Å²) in [5, 5.41) is -0.407. The Kier molecular flexibility index (Phi) is 3.69. The second-order valence-corrected chi connectivity index (χ2v) is 1.98. The molecule has 0 aliphatic rings. The molecule has 1 rings (SSSR count). The molecule has 0 unspecified atom stereocenters. The van der Waals surface area contributed by atoms with E-state index in [1.807, 2.05) is 6.07 Å². The summed E-state index contributed by atoms with van der Waals surface area (Å²) in [6, 6.07) is 8.74. The highest BCUT2D eigenvalue weighted by Crippen LogP contribution is 2.01. The molecule has 51 valence electrons. The average molecular weight is 155 g/mol. The molecule has 0 spiro atoms. The van der Waals surface area contributed by atoms with Gasteiger partial charge in [-0.05, 0) is 11.6 Å². The van der Waals surface area contributed by atoms with Crippen LogP contribution in [0, 0.1) is 0 Å². The van der Waals surface area contributed by atoms with Crippen molar-refractivity contribution in [2.24, 2.45) is 0 Å². The Labute approximate surface area is 64.4 Å². The van der Waals surface area contributed by atoms with Crippen molar-refractivity contribution in [2.75, 3.05) is 0 Å². The predicted molar refractivity (Wildman–Crippen MR) is 38.8 cm³/mol. The molecule has 3 radical (unpaired) electrons. The standard InChI is InChI=1S/C7H5ClO.N/c8-7(9)6-4-2-1-3-5-6;/h1-5H;. The van der Waals surface area contributed by atoms with Crippen LogP contribution < -0.4 is 6.15 Å². The molecule has 0 aliphatic carbocycles. The van der Waals surface area contributed by atoms with Gasteiger partial charge in [-0.25, -0.2) is 0 Å². The number of halogens is 1. The van der Waals surface area contributed by atoms with Gasteiger partial charge in [0, 0.05) is 11.7 Å². The number of hydrogen-bond donors (Lipinski definition) is 0. The summed E-state index contributed by atoms with van der Waals surface area (Å²) in [6.45, 7) is 0. The summed E-state index contributed by atoms with van der Waals surface area (Å²) in [6.07, 6.45) is 0. The van der Waals surface area contributed by atoms with E-state index in [1.54, 1.807) is 24.3 Å². The molecule has 1 aromatic carbocycles. The van der Waals surface area contributed by atoms with Crippen molar-refractivity contribution in [3.63, 3.8) is 0 Å². The lowest BCUT2D eigenvalue weighted by molar-refractivity contribution is 0.108. The molecule has 0 atom stereocenters. The van der Waals surface area contributed by atoms with Crippen LogP contribution in [0.5, 0.6) is 0 Å². The third kappa shape index (κ3) is 2.17. The van der Waals surface area contributed by atoms with Crippen LogP contribution >= 0.6 is 11.6 Å². The van der Waals surface area contributed by atoms with Crippen LogP contribution in [0.2, 0.25) is 0 Å². The van der Waals surface area contributed by atoms with Gasteiger partial charge in [-0.15, -0.1) is 0 Å². The summed E-state index contributed by atoms with van der Waals surface area (Å²) in [4.78, 5) is 10.4. The highest BCUT2D eigenvalue weighted by molar-refractivity contribution is 6.67. The van der Waals surface area contributed by atoms with Crippen molar-refractivity contribution in [2.45, 2.75) is 0 Å². The lowest BCUT2D eigenvalue weighted by Crippen LogP contribution is -1.84. The molecule has 0 bridgehead atoms. The largest absolute Gasteiger partial charge is 0.276 e. The van der Waals surface area contributed by atoms with E-state index in [0.717, 1.165) is 0 Å². The first-order valence-corrected chi connectivity index (χ1v) is 2.93. The lowest BCUT2D eigenvalue weighted by atomic mass is 10.2. The maximum atomic E-state index is 10.4. The van der Waals surface area contributed by atoms with E-state index in [1.165, 1.54) is 0 Å². The first-order valence-electron chi connectivity index (χ1n) is 2.55. The normalized spacial score (nSPS) is 8.10. The van der Waals surface area contributed by atoms with Crippen LogP contribution in [-0.2, 0) is 0 Å². The molecule has 2 nitrogen and oxygen atoms in total. The number of hydrogen-bond acceptors (Lipinski definition) is 1. The number of carbonyl (C=O) groups excluding carboxylic acids is 1. The number of nitrogens with zero attached hydrogens (tertiary/aromatic N) is 1. The topological polar surface area (TPSA) is 47.6 Å². The van der Waals surface area contributed by atoms with E-state index >= 15 is 0 Å². The molecule has 0 amide bonds. The first-order chi connectivity index (χ1) is 4.30. The molecule has 0 fully saturated rings. The van der Waals surface area contributed by atoms with Crippen LogP contribution in [0.3, 0.4) is 0 Å². The highest BCUT2D eigenvalue weighted by atomic mass is 35.5. The molecule has 0 heterocycles. The van der Waals surface area contributed by atoms with Gasteiger partial charge in [0.2, 0.25) is 0 Å². The van der Waals surface area contributed by atoms with Gasteiger partial charge in [0.1, 0.15) is 0 Å². The fraction of sp³-hybridized carbons (Fsp3) is 0. The van der Waals surface area contributed by atoms with Gasteiger partial charge >= 0.3 is 0 Å². The van der Waals surface area contributed by atoms with Gasteiger partial charge in [-0.1, -0.05) is 30.3 Å². The highest BCUT2D eigenvalue weighted by Gasteiger charge is 1.95. The molecule has 0 aromatic heterocycles. The third-order valence-electron chi connectivity index (χ3n) is 1.00. The second-order valence-electron chi connectivity index (χ2n) is 1.64. The van der Waals surface area contributed by atoms with Crippen LogP contribution in [0.1, 0.15) is 10.4 Å². The number of rotatable bonds is 1. The van der Waals surface area contributed by atoms with Gasteiger partial charge in [0.25, 0.3) is 5.24 Å². The van der Waals surface area contributed by atoms with Crippen LogP contribution in [0.25, 0.3) is 0 Å². The monoisotopic (exact) mass is 154 g/mol.